The van der Waals surface area contributed by atoms with E-state index < -0.39 is 0 Å². The Labute approximate surface area is 156 Å². The van der Waals surface area contributed by atoms with Crippen molar-refractivity contribution < 1.29 is 9.45 Å². The van der Waals surface area contributed by atoms with Gasteiger partial charge in [0.1, 0.15) is 5.69 Å². The van der Waals surface area contributed by atoms with E-state index in [1.165, 1.54) is 6.07 Å². The second-order valence-electron chi connectivity index (χ2n) is 6.82. The van der Waals surface area contributed by atoms with Crippen molar-refractivity contribution in [2.45, 2.75) is 19.8 Å². The maximum atomic E-state index is 11.7. The number of pyridine rings is 1. The highest BCUT2D eigenvalue weighted by Gasteiger charge is 2.25. The van der Waals surface area contributed by atoms with E-state index in [2.05, 4.69) is 26.9 Å². The molecule has 2 aromatic heterocycles. The Morgan fingerprint density at radius 2 is 2.19 bits per heavy atom. The van der Waals surface area contributed by atoms with Crippen LogP contribution in [0.4, 0.5) is 11.4 Å². The van der Waals surface area contributed by atoms with Crippen molar-refractivity contribution in [1.82, 2.24) is 15.1 Å². The zero-order valence-electron chi connectivity index (χ0n) is 14.9. The molecule has 0 spiro atoms. The molecular weight excluding hydrogens is 346 g/mol. The Hall–Kier alpha value is -3.29. The van der Waals surface area contributed by atoms with Gasteiger partial charge in [0.2, 0.25) is 5.82 Å². The fraction of sp³-hybridized carbons (Fsp3) is 0.316. The normalized spacial score (nSPS) is 17.1. The Balaban J connectivity index is 1.67. The van der Waals surface area contributed by atoms with Crippen molar-refractivity contribution in [3.63, 3.8) is 0 Å². The van der Waals surface area contributed by atoms with Gasteiger partial charge in [0, 0.05) is 42.7 Å². The highest BCUT2D eigenvalue weighted by molar-refractivity contribution is 5.71. The molecule has 1 fully saturated rings. The third-order valence-electron chi connectivity index (χ3n) is 4.76. The average molecular weight is 365 g/mol. The molecule has 27 heavy (non-hydrogen) atoms. The summed E-state index contributed by atoms with van der Waals surface area (Å²) in [7, 11) is 0. The highest BCUT2D eigenvalue weighted by Crippen LogP contribution is 2.35. The zero-order valence-corrected chi connectivity index (χ0v) is 14.9. The lowest BCUT2D eigenvalue weighted by molar-refractivity contribution is -0.384. The molecule has 0 aliphatic carbocycles. The molecule has 1 aromatic carbocycles. The SMILES string of the molecule is CC1CCCN(c2ccc(-c3nc(-c4cccnc4)no3)cc2[N+](=O)[O-])C1. The van der Waals surface area contributed by atoms with Crippen LogP contribution in [0.25, 0.3) is 22.8 Å². The molecule has 0 N–H and O–H groups in total. The van der Waals surface area contributed by atoms with Gasteiger partial charge in [-0.15, -0.1) is 0 Å². The summed E-state index contributed by atoms with van der Waals surface area (Å²) in [6, 6.07) is 8.69. The number of nitro benzene ring substituents is 1. The molecule has 1 aliphatic rings. The summed E-state index contributed by atoms with van der Waals surface area (Å²) in [5.74, 6) is 1.17. The quantitative estimate of drug-likeness (QED) is 0.510. The summed E-state index contributed by atoms with van der Waals surface area (Å²) in [6.45, 7) is 3.83. The summed E-state index contributed by atoms with van der Waals surface area (Å²) in [4.78, 5) is 21.8. The van der Waals surface area contributed by atoms with E-state index in [1.54, 1.807) is 30.6 Å². The van der Waals surface area contributed by atoms with E-state index in [1.807, 2.05) is 6.07 Å². The van der Waals surface area contributed by atoms with Gasteiger partial charge in [0.25, 0.3) is 11.6 Å². The molecule has 0 amide bonds. The molecule has 0 radical (unpaired) electrons. The first-order valence-electron chi connectivity index (χ1n) is 8.89. The van der Waals surface area contributed by atoms with Crippen LogP contribution in [0.3, 0.4) is 0 Å². The Kier molecular flexibility index (Phi) is 4.53. The molecule has 0 saturated carbocycles. The predicted octanol–water partition coefficient (Wildman–Crippen LogP) is 3.94. The molecule has 3 heterocycles. The number of piperidine rings is 1. The van der Waals surface area contributed by atoms with E-state index in [0.29, 0.717) is 23.0 Å². The van der Waals surface area contributed by atoms with E-state index in [0.717, 1.165) is 31.5 Å². The molecule has 0 bridgehead atoms. The van der Waals surface area contributed by atoms with Crippen LogP contribution >= 0.6 is 0 Å². The number of hydrogen-bond donors (Lipinski definition) is 0. The number of nitro groups is 1. The standard InChI is InChI=1S/C19H19N5O3/c1-13-4-3-9-23(12-13)16-7-6-14(10-17(16)24(25)26)19-21-18(22-27-19)15-5-2-8-20-11-15/h2,5-8,10-11,13H,3-4,9,12H2,1H3. The van der Waals surface area contributed by atoms with Crippen LogP contribution < -0.4 is 4.90 Å². The van der Waals surface area contributed by atoms with Crippen LogP contribution in [-0.4, -0.2) is 33.1 Å². The maximum Gasteiger partial charge on any atom is 0.293 e. The van der Waals surface area contributed by atoms with Gasteiger partial charge in [-0.1, -0.05) is 12.1 Å². The van der Waals surface area contributed by atoms with E-state index in [4.69, 9.17) is 4.52 Å². The lowest BCUT2D eigenvalue weighted by atomic mass is 9.99. The summed E-state index contributed by atoms with van der Waals surface area (Å²) in [6.07, 6.45) is 5.49. The molecule has 8 nitrogen and oxygen atoms in total. The maximum absolute atomic E-state index is 11.7. The number of anilines is 1. The van der Waals surface area contributed by atoms with Crippen LogP contribution in [0.5, 0.6) is 0 Å². The van der Waals surface area contributed by atoms with Crippen molar-refractivity contribution >= 4 is 11.4 Å². The van der Waals surface area contributed by atoms with E-state index in [-0.39, 0.29) is 16.5 Å². The lowest BCUT2D eigenvalue weighted by Gasteiger charge is -2.32. The molecule has 8 heteroatoms. The first-order chi connectivity index (χ1) is 13.1. The second-order valence-corrected chi connectivity index (χ2v) is 6.82. The molecule has 1 saturated heterocycles. The van der Waals surface area contributed by atoms with Crippen molar-refractivity contribution in [3.8, 4) is 22.8 Å². The monoisotopic (exact) mass is 365 g/mol. The van der Waals surface area contributed by atoms with Crippen molar-refractivity contribution in [2.75, 3.05) is 18.0 Å². The van der Waals surface area contributed by atoms with Gasteiger partial charge in [0.05, 0.1) is 4.92 Å². The van der Waals surface area contributed by atoms with Crippen LogP contribution in [0.15, 0.2) is 47.2 Å². The summed E-state index contributed by atoms with van der Waals surface area (Å²) in [5.41, 5.74) is 1.95. The number of rotatable bonds is 4. The van der Waals surface area contributed by atoms with Crippen molar-refractivity contribution in [2.24, 2.45) is 5.92 Å². The number of hydrogen-bond acceptors (Lipinski definition) is 7. The Morgan fingerprint density at radius 3 is 2.93 bits per heavy atom. The number of aromatic nitrogens is 3. The van der Waals surface area contributed by atoms with Gasteiger partial charge in [-0.05, 0) is 43.0 Å². The summed E-state index contributed by atoms with van der Waals surface area (Å²) in [5, 5.41) is 15.6. The third kappa shape index (κ3) is 3.51. The third-order valence-corrected chi connectivity index (χ3v) is 4.76. The van der Waals surface area contributed by atoms with Crippen molar-refractivity contribution in [1.29, 1.82) is 0 Å². The summed E-state index contributed by atoms with van der Waals surface area (Å²) < 4.78 is 5.32. The van der Waals surface area contributed by atoms with E-state index in [9.17, 15) is 10.1 Å². The topological polar surface area (TPSA) is 98.2 Å². The Morgan fingerprint density at radius 1 is 1.30 bits per heavy atom. The van der Waals surface area contributed by atoms with E-state index >= 15 is 0 Å². The summed E-state index contributed by atoms with van der Waals surface area (Å²) >= 11 is 0. The molecule has 138 valence electrons. The van der Waals surface area contributed by atoms with Gasteiger partial charge in [0.15, 0.2) is 0 Å². The highest BCUT2D eigenvalue weighted by atomic mass is 16.6. The van der Waals surface area contributed by atoms with Gasteiger partial charge >= 0.3 is 0 Å². The molecule has 1 unspecified atom stereocenters. The average Bonchev–Trinajstić information content (AvgIpc) is 3.18. The second kappa shape index (κ2) is 7.14. The molecule has 1 aliphatic heterocycles. The minimum Gasteiger partial charge on any atom is -0.366 e. The van der Waals surface area contributed by atoms with Crippen LogP contribution in [0.2, 0.25) is 0 Å². The number of nitrogens with zero attached hydrogens (tertiary/aromatic N) is 5. The molecule has 4 rings (SSSR count). The minimum atomic E-state index is -0.351. The molecular formula is C19H19N5O3. The van der Waals surface area contributed by atoms with Crippen LogP contribution in [-0.2, 0) is 0 Å². The first-order valence-corrected chi connectivity index (χ1v) is 8.89. The van der Waals surface area contributed by atoms with Crippen LogP contribution in [0.1, 0.15) is 19.8 Å². The van der Waals surface area contributed by atoms with Gasteiger partial charge in [-0.3, -0.25) is 15.1 Å². The Bertz CT molecular complexity index is 957. The lowest BCUT2D eigenvalue weighted by Crippen LogP contribution is -2.34. The minimum absolute atomic E-state index is 0.0581. The fourth-order valence-corrected chi connectivity index (χ4v) is 3.43. The van der Waals surface area contributed by atoms with Gasteiger partial charge in [-0.25, -0.2) is 0 Å². The molecule has 3 aromatic rings. The van der Waals surface area contributed by atoms with Crippen LogP contribution in [0, 0.1) is 16.0 Å². The fourth-order valence-electron chi connectivity index (χ4n) is 3.43. The molecule has 1 atom stereocenters. The van der Waals surface area contributed by atoms with Gasteiger partial charge in [-0.2, -0.15) is 4.98 Å². The first kappa shape index (κ1) is 17.1. The predicted molar refractivity (Wildman–Crippen MR) is 100 cm³/mol. The number of benzene rings is 1. The van der Waals surface area contributed by atoms with Gasteiger partial charge < -0.3 is 9.42 Å². The van der Waals surface area contributed by atoms with Crippen molar-refractivity contribution in [3.05, 3.63) is 52.8 Å². The smallest absolute Gasteiger partial charge is 0.293 e. The zero-order chi connectivity index (χ0) is 18.8. The largest absolute Gasteiger partial charge is 0.366 e.